The first-order chi connectivity index (χ1) is 11.5. The molecule has 5 nitrogen and oxygen atoms in total. The highest BCUT2D eigenvalue weighted by atomic mass is 32.2. The van der Waals surface area contributed by atoms with Gasteiger partial charge in [-0.3, -0.25) is 9.59 Å². The quantitative estimate of drug-likeness (QED) is 0.640. The third-order valence-electron chi connectivity index (χ3n) is 4.00. The van der Waals surface area contributed by atoms with Crippen LogP contribution in [0.4, 0.5) is 0 Å². The number of carbonyl (C=O) groups is 2. The number of carbonyl (C=O) groups excluding carboxylic acids is 2. The van der Waals surface area contributed by atoms with Gasteiger partial charge in [0.25, 0.3) is 21.8 Å². The average Bonchev–Trinajstić information content (AvgIpc) is 2.80. The van der Waals surface area contributed by atoms with E-state index in [1.807, 2.05) is 24.3 Å². The zero-order valence-electron chi connectivity index (χ0n) is 12.3. The number of sulfonamides is 1. The maximum absolute atomic E-state index is 12.7. The summed E-state index contributed by atoms with van der Waals surface area (Å²) < 4.78 is 25.5. The van der Waals surface area contributed by atoms with Crippen molar-refractivity contribution in [3.05, 3.63) is 77.9 Å². The topological polar surface area (TPSA) is 71.5 Å². The Hall–Kier alpha value is -2.99. The highest BCUT2D eigenvalue weighted by Gasteiger charge is 2.45. The monoisotopic (exact) mass is 337 g/mol. The average molecular weight is 337 g/mol. The van der Waals surface area contributed by atoms with Crippen molar-refractivity contribution >= 4 is 32.6 Å². The Morgan fingerprint density at radius 3 is 2.25 bits per heavy atom. The Morgan fingerprint density at radius 2 is 1.50 bits per heavy atom. The van der Waals surface area contributed by atoms with E-state index in [-0.39, 0.29) is 16.0 Å². The third kappa shape index (κ3) is 1.97. The number of rotatable bonds is 1. The van der Waals surface area contributed by atoms with Crippen LogP contribution < -0.4 is 0 Å². The van der Waals surface area contributed by atoms with Crippen molar-refractivity contribution in [3.8, 4) is 0 Å². The number of imide groups is 1. The van der Waals surface area contributed by atoms with E-state index in [0.717, 1.165) is 10.8 Å². The molecule has 0 aliphatic carbocycles. The summed E-state index contributed by atoms with van der Waals surface area (Å²) in [5, 5.41) is 1.72. The molecule has 3 aromatic rings. The number of hydrogen-bond donors (Lipinski definition) is 0. The molecular weight excluding hydrogens is 326 g/mol. The van der Waals surface area contributed by atoms with Crippen molar-refractivity contribution in [1.82, 2.24) is 4.31 Å². The third-order valence-corrected chi connectivity index (χ3v) is 5.73. The van der Waals surface area contributed by atoms with Crippen molar-refractivity contribution < 1.29 is 18.0 Å². The second-order valence-electron chi connectivity index (χ2n) is 5.44. The van der Waals surface area contributed by atoms with Crippen LogP contribution in [0.15, 0.2) is 71.6 Å². The minimum Gasteiger partial charge on any atom is -0.267 e. The highest BCUT2D eigenvalue weighted by Crippen LogP contribution is 2.31. The van der Waals surface area contributed by atoms with E-state index in [4.69, 9.17) is 0 Å². The molecule has 0 radical (unpaired) electrons. The molecule has 118 valence electrons. The van der Waals surface area contributed by atoms with Gasteiger partial charge < -0.3 is 0 Å². The lowest BCUT2D eigenvalue weighted by atomic mass is 10.1. The van der Waals surface area contributed by atoms with Gasteiger partial charge in [0.05, 0.1) is 5.56 Å². The normalized spacial score (nSPS) is 15.5. The minimum absolute atomic E-state index is 0.0200. The summed E-state index contributed by atoms with van der Waals surface area (Å²) in [6.45, 7) is 0. The summed E-state index contributed by atoms with van der Waals surface area (Å²) in [5.74, 6) is -1.66. The summed E-state index contributed by atoms with van der Waals surface area (Å²) in [5.41, 5.74) is 0.171. The molecule has 0 bridgehead atoms. The summed E-state index contributed by atoms with van der Waals surface area (Å²) in [6, 6.07) is 18.1. The van der Waals surface area contributed by atoms with Gasteiger partial charge in [-0.15, -0.1) is 0 Å². The SMILES string of the molecule is O=C(c1ccc2ccccc2c1)N1C(=O)c2ccccc2S1(=O)=O. The van der Waals surface area contributed by atoms with Crippen LogP contribution in [0.3, 0.4) is 0 Å². The summed E-state index contributed by atoms with van der Waals surface area (Å²) in [6.07, 6.45) is 0. The lowest BCUT2D eigenvalue weighted by Crippen LogP contribution is -2.36. The van der Waals surface area contributed by atoms with Crippen LogP contribution in [-0.4, -0.2) is 24.5 Å². The summed E-state index contributed by atoms with van der Waals surface area (Å²) >= 11 is 0. The van der Waals surface area contributed by atoms with E-state index in [1.165, 1.54) is 24.3 Å². The van der Waals surface area contributed by atoms with Crippen molar-refractivity contribution in [2.75, 3.05) is 0 Å². The molecule has 3 aromatic carbocycles. The summed E-state index contributed by atoms with van der Waals surface area (Å²) in [4.78, 5) is 25.0. The maximum Gasteiger partial charge on any atom is 0.276 e. The minimum atomic E-state index is -4.16. The van der Waals surface area contributed by atoms with Crippen LogP contribution in [0.1, 0.15) is 20.7 Å². The standard InChI is InChI=1S/C18H11NO4S/c20-17(14-10-9-12-5-1-2-6-13(12)11-14)19-18(21)15-7-3-4-8-16(15)24(19,22)23/h1-11H. The molecule has 1 aliphatic rings. The van der Waals surface area contributed by atoms with E-state index >= 15 is 0 Å². The van der Waals surface area contributed by atoms with Gasteiger partial charge in [0.1, 0.15) is 4.90 Å². The first-order valence-electron chi connectivity index (χ1n) is 7.22. The van der Waals surface area contributed by atoms with Crippen molar-refractivity contribution in [1.29, 1.82) is 0 Å². The van der Waals surface area contributed by atoms with E-state index in [1.54, 1.807) is 18.2 Å². The van der Waals surface area contributed by atoms with Gasteiger partial charge in [0, 0.05) is 5.56 Å². The highest BCUT2D eigenvalue weighted by molar-refractivity contribution is 7.90. The van der Waals surface area contributed by atoms with Crippen LogP contribution in [0.5, 0.6) is 0 Å². The molecule has 2 amide bonds. The van der Waals surface area contributed by atoms with Gasteiger partial charge in [0.15, 0.2) is 0 Å². The largest absolute Gasteiger partial charge is 0.276 e. The first-order valence-corrected chi connectivity index (χ1v) is 8.66. The molecule has 0 saturated heterocycles. The predicted octanol–water partition coefficient (Wildman–Crippen LogP) is 2.82. The smallest absolute Gasteiger partial charge is 0.267 e. The lowest BCUT2D eigenvalue weighted by molar-refractivity contribution is 0.0740. The zero-order chi connectivity index (χ0) is 16.9. The number of benzene rings is 3. The molecule has 0 fully saturated rings. The molecule has 0 aromatic heterocycles. The van der Waals surface area contributed by atoms with Gasteiger partial charge in [-0.05, 0) is 35.0 Å². The number of amides is 2. The lowest BCUT2D eigenvalue weighted by Gasteiger charge is -2.13. The van der Waals surface area contributed by atoms with Crippen LogP contribution in [0.25, 0.3) is 10.8 Å². The van der Waals surface area contributed by atoms with Crippen molar-refractivity contribution in [3.63, 3.8) is 0 Å². The van der Waals surface area contributed by atoms with Crippen LogP contribution in [-0.2, 0) is 10.0 Å². The molecule has 0 unspecified atom stereocenters. The van der Waals surface area contributed by atoms with Crippen LogP contribution in [0.2, 0.25) is 0 Å². The second-order valence-corrected chi connectivity index (χ2v) is 7.19. The molecule has 0 N–H and O–H groups in total. The van der Waals surface area contributed by atoms with Gasteiger partial charge >= 0.3 is 0 Å². The Kier molecular flexibility index (Phi) is 3.04. The zero-order valence-corrected chi connectivity index (χ0v) is 13.2. The van der Waals surface area contributed by atoms with Crippen molar-refractivity contribution in [2.45, 2.75) is 4.90 Å². The van der Waals surface area contributed by atoms with Gasteiger partial charge in [0.2, 0.25) is 0 Å². The fourth-order valence-corrected chi connectivity index (χ4v) is 4.35. The Balaban J connectivity index is 1.84. The van der Waals surface area contributed by atoms with E-state index < -0.39 is 21.8 Å². The number of nitrogens with zero attached hydrogens (tertiary/aromatic N) is 1. The Bertz CT molecular complexity index is 1120. The van der Waals surface area contributed by atoms with E-state index in [0.29, 0.717) is 4.31 Å². The van der Waals surface area contributed by atoms with Gasteiger partial charge in [-0.1, -0.05) is 42.5 Å². The Labute approximate surface area is 138 Å². The summed E-state index contributed by atoms with van der Waals surface area (Å²) in [7, 11) is -4.16. The fourth-order valence-electron chi connectivity index (χ4n) is 2.83. The first kappa shape index (κ1) is 14.6. The molecule has 24 heavy (non-hydrogen) atoms. The predicted molar refractivity (Wildman–Crippen MR) is 88.1 cm³/mol. The maximum atomic E-state index is 12.7. The second kappa shape index (κ2) is 5.01. The molecule has 1 heterocycles. The molecule has 0 saturated carbocycles. The molecule has 0 spiro atoms. The Morgan fingerprint density at radius 1 is 0.833 bits per heavy atom. The van der Waals surface area contributed by atoms with Crippen LogP contribution >= 0.6 is 0 Å². The molecule has 4 rings (SSSR count). The number of fused-ring (bicyclic) bond motifs is 2. The van der Waals surface area contributed by atoms with Crippen LogP contribution in [0, 0.1) is 0 Å². The van der Waals surface area contributed by atoms with Gasteiger partial charge in [-0.2, -0.15) is 4.31 Å². The molecule has 1 aliphatic heterocycles. The van der Waals surface area contributed by atoms with Gasteiger partial charge in [-0.25, -0.2) is 8.42 Å². The van der Waals surface area contributed by atoms with Crippen molar-refractivity contribution in [2.24, 2.45) is 0 Å². The fraction of sp³-hybridized carbons (Fsp3) is 0. The molecule has 0 atom stereocenters. The molecular formula is C18H11NO4S. The van der Waals surface area contributed by atoms with E-state index in [9.17, 15) is 18.0 Å². The number of hydrogen-bond acceptors (Lipinski definition) is 4. The van der Waals surface area contributed by atoms with E-state index in [2.05, 4.69) is 0 Å². The molecule has 6 heteroatoms.